The number of amides is 1. The molecule has 0 unspecified atom stereocenters. The minimum atomic E-state index is -3.97. The lowest BCUT2D eigenvalue weighted by molar-refractivity contribution is -0.275. The van der Waals surface area contributed by atoms with E-state index in [9.17, 15) is 18.3 Å². The first-order valence-electron chi connectivity index (χ1n) is 16.4. The number of aryl methyl sites for hydroxylation is 1. The van der Waals surface area contributed by atoms with Gasteiger partial charge in [0.1, 0.15) is 6.04 Å². The lowest BCUT2D eigenvalue weighted by Gasteiger charge is -2.42. The standard InChI is InChI=1S/C39H45N3O6S/c1-5-23-42(4)25-36-28(3)37(31-15-13-30(26-43)14-16-31)48-39(47-36)32-17-19-33(20-18-32)40-38(44)35(24-29-9-7-6-8-10-29)41-49(45,46)34-21-11-27(2)12-22-34/h5-22,28,35-37,39,41,43H,1,23-26H2,2-4H3,(H,40,44)/t28-,35-,36+,37+,39+/m1/s1. The lowest BCUT2D eigenvalue weighted by Crippen LogP contribution is -2.45. The van der Waals surface area contributed by atoms with E-state index in [2.05, 4.69) is 28.4 Å². The van der Waals surface area contributed by atoms with Gasteiger partial charge in [-0.25, -0.2) is 8.42 Å². The molecule has 0 aliphatic carbocycles. The second kappa shape index (κ2) is 16.5. The van der Waals surface area contributed by atoms with Crippen molar-refractivity contribution in [3.05, 3.63) is 144 Å². The molecule has 5 atom stereocenters. The summed E-state index contributed by atoms with van der Waals surface area (Å²) in [5.41, 5.74) is 4.86. The third kappa shape index (κ3) is 9.51. The molecule has 49 heavy (non-hydrogen) atoms. The zero-order valence-corrected chi connectivity index (χ0v) is 29.0. The van der Waals surface area contributed by atoms with Crippen LogP contribution in [0.4, 0.5) is 5.69 Å². The number of carbonyl (C=O) groups excluding carboxylic acids is 1. The Morgan fingerprint density at radius 3 is 2.20 bits per heavy atom. The number of aliphatic hydroxyl groups is 1. The van der Waals surface area contributed by atoms with E-state index in [0.29, 0.717) is 12.2 Å². The monoisotopic (exact) mass is 683 g/mol. The van der Waals surface area contributed by atoms with Crippen molar-refractivity contribution in [1.29, 1.82) is 0 Å². The van der Waals surface area contributed by atoms with E-state index in [1.165, 1.54) is 12.1 Å². The van der Waals surface area contributed by atoms with Crippen molar-refractivity contribution in [2.45, 2.75) is 56.3 Å². The van der Waals surface area contributed by atoms with Gasteiger partial charge in [0.25, 0.3) is 0 Å². The molecule has 3 N–H and O–H groups in total. The van der Waals surface area contributed by atoms with Crippen LogP contribution in [0.3, 0.4) is 0 Å². The van der Waals surface area contributed by atoms with Crippen LogP contribution in [0.25, 0.3) is 0 Å². The summed E-state index contributed by atoms with van der Waals surface area (Å²) in [5.74, 6) is -0.449. The van der Waals surface area contributed by atoms with E-state index in [1.54, 1.807) is 24.3 Å². The van der Waals surface area contributed by atoms with Gasteiger partial charge in [0.15, 0.2) is 6.29 Å². The van der Waals surface area contributed by atoms with Crippen LogP contribution >= 0.6 is 0 Å². The van der Waals surface area contributed by atoms with E-state index in [-0.39, 0.29) is 36.0 Å². The third-order valence-electron chi connectivity index (χ3n) is 8.73. The summed E-state index contributed by atoms with van der Waals surface area (Å²) in [6.07, 6.45) is 0.953. The number of nitrogens with zero attached hydrogens (tertiary/aromatic N) is 1. The second-order valence-corrected chi connectivity index (χ2v) is 14.3. The molecule has 1 fully saturated rings. The highest BCUT2D eigenvalue weighted by atomic mass is 32.2. The molecule has 9 nitrogen and oxygen atoms in total. The van der Waals surface area contributed by atoms with Crippen LogP contribution in [0.15, 0.2) is 121 Å². The maximum Gasteiger partial charge on any atom is 0.242 e. The molecule has 0 saturated carbocycles. The van der Waals surface area contributed by atoms with Gasteiger partial charge >= 0.3 is 0 Å². The van der Waals surface area contributed by atoms with Crippen molar-refractivity contribution in [3.8, 4) is 0 Å². The molecule has 0 bridgehead atoms. The van der Waals surface area contributed by atoms with Gasteiger partial charge in [-0.05, 0) is 61.3 Å². The van der Waals surface area contributed by atoms with Gasteiger partial charge in [-0.2, -0.15) is 4.72 Å². The average molecular weight is 684 g/mol. The Morgan fingerprint density at radius 1 is 0.918 bits per heavy atom. The van der Waals surface area contributed by atoms with Gasteiger partial charge < -0.3 is 24.8 Å². The van der Waals surface area contributed by atoms with Crippen molar-refractivity contribution >= 4 is 21.6 Å². The normalized spacial score (nSPS) is 20.1. The number of likely N-dealkylation sites (N-methyl/N-ethyl adjacent to an activating group) is 1. The van der Waals surface area contributed by atoms with Crippen molar-refractivity contribution in [3.63, 3.8) is 0 Å². The average Bonchev–Trinajstić information content (AvgIpc) is 3.10. The van der Waals surface area contributed by atoms with Crippen LogP contribution < -0.4 is 10.0 Å². The molecule has 0 radical (unpaired) electrons. The molecule has 4 aromatic rings. The Morgan fingerprint density at radius 2 is 1.57 bits per heavy atom. The number of rotatable bonds is 14. The molecule has 258 valence electrons. The van der Waals surface area contributed by atoms with Crippen molar-refractivity contribution in [2.75, 3.05) is 25.5 Å². The number of sulfonamides is 1. The fourth-order valence-electron chi connectivity index (χ4n) is 5.89. The fraction of sp³-hybridized carbons (Fsp3) is 0.308. The molecule has 4 aromatic carbocycles. The van der Waals surface area contributed by atoms with Gasteiger partial charge in [0.2, 0.25) is 15.9 Å². The number of ether oxygens (including phenoxy) is 2. The summed E-state index contributed by atoms with van der Waals surface area (Å²) in [4.78, 5) is 15.9. The summed E-state index contributed by atoms with van der Waals surface area (Å²) in [5, 5.41) is 12.4. The van der Waals surface area contributed by atoms with Crippen LogP contribution in [0, 0.1) is 12.8 Å². The first-order chi connectivity index (χ1) is 23.6. The molecule has 0 spiro atoms. The minimum absolute atomic E-state index is 0.0312. The quantitative estimate of drug-likeness (QED) is 0.141. The number of carbonyl (C=O) groups is 1. The van der Waals surface area contributed by atoms with Gasteiger partial charge in [-0.3, -0.25) is 4.79 Å². The molecule has 1 amide bonds. The molecule has 5 rings (SSSR count). The molecule has 1 aliphatic heterocycles. The number of hydrogen-bond donors (Lipinski definition) is 3. The van der Waals surface area contributed by atoms with Gasteiger partial charge in [-0.15, -0.1) is 6.58 Å². The van der Waals surface area contributed by atoms with Crippen LogP contribution in [-0.2, 0) is 37.3 Å². The van der Waals surface area contributed by atoms with E-state index < -0.39 is 28.3 Å². The molecular weight excluding hydrogens is 639 g/mol. The Balaban J connectivity index is 1.34. The van der Waals surface area contributed by atoms with Crippen molar-refractivity contribution in [2.24, 2.45) is 5.92 Å². The van der Waals surface area contributed by atoms with Crippen LogP contribution in [0.5, 0.6) is 0 Å². The van der Waals surface area contributed by atoms with Crippen LogP contribution in [-0.4, -0.2) is 56.6 Å². The number of anilines is 1. The molecule has 0 aromatic heterocycles. The summed E-state index contributed by atoms with van der Waals surface area (Å²) in [7, 11) is -1.95. The van der Waals surface area contributed by atoms with E-state index >= 15 is 0 Å². The van der Waals surface area contributed by atoms with E-state index in [1.807, 2.05) is 86.8 Å². The third-order valence-corrected chi connectivity index (χ3v) is 10.2. The molecule has 1 aliphatic rings. The Labute approximate surface area is 289 Å². The Hall–Kier alpha value is -4.16. The molecule has 10 heteroatoms. The number of hydrogen-bond acceptors (Lipinski definition) is 7. The summed E-state index contributed by atoms with van der Waals surface area (Å²) in [6, 6.07) is 29.7. The summed E-state index contributed by atoms with van der Waals surface area (Å²) >= 11 is 0. The number of aliphatic hydroxyl groups excluding tert-OH is 1. The smallest absolute Gasteiger partial charge is 0.242 e. The molecule has 1 heterocycles. The number of nitrogens with one attached hydrogen (secondary N) is 2. The molecule has 1 saturated heterocycles. The zero-order chi connectivity index (χ0) is 35.0. The van der Waals surface area contributed by atoms with Gasteiger partial charge in [-0.1, -0.05) is 97.4 Å². The highest BCUT2D eigenvalue weighted by Crippen LogP contribution is 2.42. The Bertz CT molecular complexity index is 1780. The van der Waals surface area contributed by atoms with Crippen LogP contribution in [0.1, 0.15) is 47.1 Å². The second-order valence-electron chi connectivity index (χ2n) is 12.6. The number of benzene rings is 4. The largest absolute Gasteiger partial charge is 0.392 e. The predicted molar refractivity (Wildman–Crippen MR) is 191 cm³/mol. The maximum absolute atomic E-state index is 13.6. The Kier molecular flexibility index (Phi) is 12.2. The molecular formula is C39H45N3O6S. The van der Waals surface area contributed by atoms with Crippen molar-refractivity contribution in [1.82, 2.24) is 9.62 Å². The lowest BCUT2D eigenvalue weighted by atomic mass is 9.90. The SMILES string of the molecule is C=CCN(C)C[C@@H]1O[C@H](c2ccc(NC(=O)[C@@H](Cc3ccccc3)NS(=O)(=O)c3ccc(C)cc3)cc2)O[C@H](c2ccc(CO)cc2)[C@@H]1C. The van der Waals surface area contributed by atoms with Gasteiger partial charge in [0, 0.05) is 30.3 Å². The first-order valence-corrected chi connectivity index (χ1v) is 17.9. The van der Waals surface area contributed by atoms with Crippen molar-refractivity contribution < 1.29 is 27.8 Å². The maximum atomic E-state index is 13.6. The topological polar surface area (TPSA) is 117 Å². The summed E-state index contributed by atoms with van der Waals surface area (Å²) in [6.45, 7) is 9.21. The highest BCUT2D eigenvalue weighted by Gasteiger charge is 2.38. The fourth-order valence-corrected chi connectivity index (χ4v) is 7.09. The summed E-state index contributed by atoms with van der Waals surface area (Å²) < 4.78 is 42.3. The van der Waals surface area contributed by atoms with Gasteiger partial charge in [0.05, 0.1) is 23.7 Å². The first kappa shape index (κ1) is 36.1. The van der Waals surface area contributed by atoms with E-state index in [0.717, 1.165) is 34.4 Å². The zero-order valence-electron chi connectivity index (χ0n) is 28.2. The highest BCUT2D eigenvalue weighted by molar-refractivity contribution is 7.89. The van der Waals surface area contributed by atoms with Crippen LogP contribution in [0.2, 0.25) is 0 Å². The predicted octanol–water partition coefficient (Wildman–Crippen LogP) is 5.92. The minimum Gasteiger partial charge on any atom is -0.392 e. The van der Waals surface area contributed by atoms with E-state index in [4.69, 9.17) is 9.47 Å².